The van der Waals surface area contributed by atoms with Crippen LogP contribution >= 0.6 is 0 Å². The molecule has 1 atom stereocenters. The summed E-state index contributed by atoms with van der Waals surface area (Å²) in [7, 11) is -3.74. The van der Waals surface area contributed by atoms with E-state index in [0.29, 0.717) is 12.4 Å². The van der Waals surface area contributed by atoms with Crippen molar-refractivity contribution < 1.29 is 8.42 Å². The average Bonchev–Trinajstić information content (AvgIpc) is 3.04. The Bertz CT molecular complexity index is 1130. The van der Waals surface area contributed by atoms with Gasteiger partial charge in [0.25, 0.3) is 0 Å². The normalized spacial score (nSPS) is 22.0. The van der Waals surface area contributed by atoms with E-state index >= 15 is 0 Å². The molecule has 0 aliphatic carbocycles. The van der Waals surface area contributed by atoms with Gasteiger partial charge in [-0.1, -0.05) is 103 Å². The van der Waals surface area contributed by atoms with E-state index in [-0.39, 0.29) is 0 Å². The van der Waals surface area contributed by atoms with Gasteiger partial charge in [-0.15, -0.1) is 0 Å². The number of hydrogen-bond donors (Lipinski definition) is 2. The Hall–Kier alpha value is -3.22. The Labute approximate surface area is 171 Å². The van der Waals surface area contributed by atoms with Gasteiger partial charge in [-0.05, 0) is 16.7 Å². The van der Waals surface area contributed by atoms with Gasteiger partial charge in [0.15, 0.2) is 0 Å². The van der Waals surface area contributed by atoms with Crippen LogP contribution in [-0.2, 0) is 22.3 Å². The summed E-state index contributed by atoms with van der Waals surface area (Å²) in [6.45, 7) is 0.369. The Morgan fingerprint density at radius 3 is 2.07 bits per heavy atom. The third-order valence-electron chi connectivity index (χ3n) is 4.72. The molecule has 0 spiro atoms. The predicted molar refractivity (Wildman–Crippen MR) is 116 cm³/mol. The molecule has 3 aromatic rings. The molecule has 1 fully saturated rings. The van der Waals surface area contributed by atoms with E-state index in [4.69, 9.17) is 0 Å². The van der Waals surface area contributed by atoms with Crippen molar-refractivity contribution >= 4 is 22.1 Å². The maximum Gasteiger partial charge on any atom is 0.301 e. The van der Waals surface area contributed by atoms with Crippen LogP contribution in [0.3, 0.4) is 0 Å². The van der Waals surface area contributed by atoms with E-state index in [1.807, 2.05) is 103 Å². The van der Waals surface area contributed by atoms with Crippen LogP contribution in [0.4, 0.5) is 0 Å². The van der Waals surface area contributed by atoms with Gasteiger partial charge >= 0.3 is 10.2 Å². The van der Waals surface area contributed by atoms with Crippen LogP contribution in [0.5, 0.6) is 0 Å². The third-order valence-corrected chi connectivity index (χ3v) is 5.77. The topological polar surface area (TPSA) is 70.6 Å². The van der Waals surface area contributed by atoms with Gasteiger partial charge in [0.2, 0.25) is 0 Å². The summed E-state index contributed by atoms with van der Waals surface area (Å²) in [4.78, 5) is 4.64. The lowest BCUT2D eigenvalue weighted by Crippen LogP contribution is -2.42. The highest BCUT2D eigenvalue weighted by Gasteiger charge is 2.46. The summed E-state index contributed by atoms with van der Waals surface area (Å²) in [5, 5.41) is 0. The zero-order valence-corrected chi connectivity index (χ0v) is 16.5. The first-order valence-electron chi connectivity index (χ1n) is 9.28. The smallest absolute Gasteiger partial charge is 0.264 e. The number of hydrogen-bond acceptors (Lipinski definition) is 3. The van der Waals surface area contributed by atoms with Gasteiger partial charge in [0.1, 0.15) is 11.4 Å². The van der Waals surface area contributed by atoms with Crippen molar-refractivity contribution in [3.8, 4) is 0 Å². The first-order chi connectivity index (χ1) is 14.1. The molecule has 0 saturated carbocycles. The number of aliphatic imine (C=N–C) groups is 1. The molecule has 29 heavy (non-hydrogen) atoms. The summed E-state index contributed by atoms with van der Waals surface area (Å²) in [6, 6.07) is 28.9. The van der Waals surface area contributed by atoms with Crippen LogP contribution in [0.25, 0.3) is 6.08 Å². The molecule has 1 aliphatic rings. The molecule has 1 aliphatic heterocycles. The van der Waals surface area contributed by atoms with Gasteiger partial charge in [-0.3, -0.25) is 9.71 Å². The van der Waals surface area contributed by atoms with Crippen LogP contribution in [0.15, 0.2) is 102 Å². The van der Waals surface area contributed by atoms with Crippen molar-refractivity contribution in [1.82, 2.24) is 9.44 Å². The molecule has 1 heterocycles. The van der Waals surface area contributed by atoms with Gasteiger partial charge in [0, 0.05) is 0 Å². The molecule has 2 N–H and O–H groups in total. The summed E-state index contributed by atoms with van der Waals surface area (Å²) in [5.74, 6) is 0.347. The molecule has 146 valence electrons. The molecule has 0 bridgehead atoms. The number of nitrogens with one attached hydrogen (secondary N) is 2. The van der Waals surface area contributed by atoms with Crippen molar-refractivity contribution in [2.24, 2.45) is 4.99 Å². The third kappa shape index (κ3) is 4.29. The molecule has 0 radical (unpaired) electrons. The van der Waals surface area contributed by atoms with Crippen LogP contribution in [0, 0.1) is 0 Å². The molecular weight excluding hydrogens is 382 g/mol. The molecule has 1 saturated heterocycles. The van der Waals surface area contributed by atoms with Crippen LogP contribution in [0.1, 0.15) is 16.7 Å². The van der Waals surface area contributed by atoms with E-state index in [9.17, 15) is 8.42 Å². The first-order valence-corrected chi connectivity index (χ1v) is 10.8. The second kappa shape index (κ2) is 8.03. The quantitative estimate of drug-likeness (QED) is 0.683. The number of rotatable bonds is 5. The van der Waals surface area contributed by atoms with Crippen LogP contribution in [0.2, 0.25) is 0 Å². The van der Waals surface area contributed by atoms with E-state index in [2.05, 4.69) is 14.4 Å². The first kappa shape index (κ1) is 19.1. The minimum Gasteiger partial charge on any atom is -0.264 e. The number of benzene rings is 3. The maximum absolute atomic E-state index is 12.5. The number of amidine groups is 1. The molecule has 5 nitrogen and oxygen atoms in total. The minimum atomic E-state index is -3.74. The molecular formula is C23H21N3O2S. The Morgan fingerprint density at radius 1 is 0.828 bits per heavy atom. The molecule has 4 rings (SSSR count). The Kier molecular flexibility index (Phi) is 5.29. The summed E-state index contributed by atoms with van der Waals surface area (Å²) >= 11 is 0. The van der Waals surface area contributed by atoms with Gasteiger partial charge in [-0.25, -0.2) is 0 Å². The SMILES string of the molecule is O=S1(=O)NC(=NCc2ccccc2)[C@](/C=C/c2ccccc2)(c2ccccc2)N1. The fourth-order valence-electron chi connectivity index (χ4n) is 3.30. The van der Waals surface area contributed by atoms with Crippen LogP contribution < -0.4 is 9.44 Å². The molecule has 6 heteroatoms. The summed E-state index contributed by atoms with van der Waals surface area (Å²) in [5.41, 5.74) is 1.65. The molecule has 0 aromatic heterocycles. The van der Waals surface area contributed by atoms with E-state index in [0.717, 1.165) is 16.7 Å². The minimum absolute atomic E-state index is 0.347. The number of nitrogens with zero attached hydrogens (tertiary/aromatic N) is 1. The molecule has 0 amide bonds. The lowest BCUT2D eigenvalue weighted by Gasteiger charge is -2.24. The highest BCUT2D eigenvalue weighted by molar-refractivity contribution is 7.88. The monoisotopic (exact) mass is 403 g/mol. The van der Waals surface area contributed by atoms with E-state index in [1.165, 1.54) is 0 Å². The summed E-state index contributed by atoms with van der Waals surface area (Å²) in [6.07, 6.45) is 3.75. The lowest BCUT2D eigenvalue weighted by molar-refractivity contribution is 0.571. The van der Waals surface area contributed by atoms with Gasteiger partial charge in [0.05, 0.1) is 6.54 Å². The fourth-order valence-corrected chi connectivity index (χ4v) is 4.53. The van der Waals surface area contributed by atoms with Crippen molar-refractivity contribution in [1.29, 1.82) is 0 Å². The second-order valence-corrected chi connectivity index (χ2v) is 8.19. The van der Waals surface area contributed by atoms with Crippen molar-refractivity contribution in [2.75, 3.05) is 0 Å². The lowest BCUT2D eigenvalue weighted by atomic mass is 9.88. The largest absolute Gasteiger partial charge is 0.301 e. The van der Waals surface area contributed by atoms with E-state index < -0.39 is 15.7 Å². The second-order valence-electron chi connectivity index (χ2n) is 6.78. The van der Waals surface area contributed by atoms with Gasteiger partial charge in [-0.2, -0.15) is 13.1 Å². The average molecular weight is 404 g/mol. The maximum atomic E-state index is 12.5. The van der Waals surface area contributed by atoms with Crippen LogP contribution in [-0.4, -0.2) is 14.3 Å². The zero-order valence-electron chi connectivity index (χ0n) is 15.7. The Balaban J connectivity index is 1.81. The fraction of sp³-hybridized carbons (Fsp3) is 0.0870. The standard InChI is InChI=1S/C23H21N3O2S/c27-29(28)25-22(24-18-20-12-6-2-7-13-20)23(26-29,21-14-8-3-9-15-21)17-16-19-10-4-1-5-11-19/h1-17,26H,18H2,(H,24,25)/b17-16+/t23-/m0/s1. The highest BCUT2D eigenvalue weighted by atomic mass is 32.2. The van der Waals surface area contributed by atoms with Crippen molar-refractivity contribution in [2.45, 2.75) is 12.1 Å². The van der Waals surface area contributed by atoms with Gasteiger partial charge < -0.3 is 0 Å². The van der Waals surface area contributed by atoms with E-state index in [1.54, 1.807) is 0 Å². The predicted octanol–water partition coefficient (Wildman–Crippen LogP) is 3.63. The Morgan fingerprint density at radius 2 is 1.41 bits per heavy atom. The molecule has 3 aromatic carbocycles. The summed E-state index contributed by atoms with van der Waals surface area (Å²) < 4.78 is 30.4. The molecule has 0 unspecified atom stereocenters. The highest BCUT2D eigenvalue weighted by Crippen LogP contribution is 2.30. The van der Waals surface area contributed by atoms with Crippen molar-refractivity contribution in [3.63, 3.8) is 0 Å². The zero-order chi connectivity index (χ0) is 20.2. The van der Waals surface area contributed by atoms with Crippen molar-refractivity contribution in [3.05, 3.63) is 114 Å².